The van der Waals surface area contributed by atoms with Crippen LogP contribution < -0.4 is 5.32 Å². The van der Waals surface area contributed by atoms with Crippen LogP contribution in [0.2, 0.25) is 0 Å². The third-order valence-corrected chi connectivity index (χ3v) is 4.89. The number of fused-ring (bicyclic) bond motifs is 3. The number of hydrogen-bond acceptors (Lipinski definition) is 2. The van der Waals surface area contributed by atoms with Crippen molar-refractivity contribution in [1.29, 1.82) is 0 Å². The van der Waals surface area contributed by atoms with Crippen LogP contribution in [0.1, 0.15) is 29.5 Å². The van der Waals surface area contributed by atoms with Gasteiger partial charge in [0, 0.05) is 22.8 Å². The molecule has 0 amide bonds. The van der Waals surface area contributed by atoms with E-state index in [9.17, 15) is 4.39 Å². The summed E-state index contributed by atoms with van der Waals surface area (Å²) in [4.78, 5) is 4.20. The normalized spacial score (nSPS) is 26.1. The third-order valence-electron chi connectivity index (χ3n) is 4.43. The van der Waals surface area contributed by atoms with Crippen LogP contribution in [0.15, 0.2) is 53.3 Å². The second kappa shape index (κ2) is 4.95. The maximum atomic E-state index is 14.3. The number of benzene rings is 1. The van der Waals surface area contributed by atoms with Crippen molar-refractivity contribution in [3.63, 3.8) is 0 Å². The molecule has 2 nitrogen and oxygen atoms in total. The monoisotopic (exact) mass is 344 g/mol. The number of hydrogen-bond donors (Lipinski definition) is 1. The first-order chi connectivity index (χ1) is 10.2. The number of nitrogens with zero attached hydrogens (tertiary/aromatic N) is 1. The zero-order valence-electron chi connectivity index (χ0n) is 11.3. The molecule has 0 spiro atoms. The number of allylic oxidation sites excluding steroid dienone is 2. The van der Waals surface area contributed by atoms with Gasteiger partial charge in [0.2, 0.25) is 0 Å². The molecule has 1 aromatic heterocycles. The van der Waals surface area contributed by atoms with Crippen molar-refractivity contribution >= 4 is 21.6 Å². The van der Waals surface area contributed by atoms with E-state index in [0.29, 0.717) is 11.6 Å². The van der Waals surface area contributed by atoms with E-state index < -0.39 is 0 Å². The fraction of sp³-hybridized carbons (Fsp3) is 0.235. The second-order valence-corrected chi connectivity index (χ2v) is 6.53. The highest BCUT2D eigenvalue weighted by molar-refractivity contribution is 9.10. The van der Waals surface area contributed by atoms with Crippen LogP contribution in [-0.4, -0.2) is 4.98 Å². The van der Waals surface area contributed by atoms with E-state index in [4.69, 9.17) is 0 Å². The largest absolute Gasteiger partial charge is 0.375 e. The van der Waals surface area contributed by atoms with Crippen LogP contribution in [0.3, 0.4) is 0 Å². The van der Waals surface area contributed by atoms with E-state index in [1.54, 1.807) is 6.20 Å². The molecule has 1 aliphatic heterocycles. The van der Waals surface area contributed by atoms with Crippen molar-refractivity contribution in [3.05, 3.63) is 70.2 Å². The van der Waals surface area contributed by atoms with Gasteiger partial charge in [-0.3, -0.25) is 4.98 Å². The smallest absolute Gasteiger partial charge is 0.147 e. The summed E-state index contributed by atoms with van der Waals surface area (Å²) in [7, 11) is 0. The lowest BCUT2D eigenvalue weighted by Gasteiger charge is -2.37. The molecule has 0 saturated carbocycles. The lowest BCUT2D eigenvalue weighted by atomic mass is 9.77. The molecule has 0 fully saturated rings. The molecule has 2 heterocycles. The molecule has 3 atom stereocenters. The van der Waals surface area contributed by atoms with E-state index in [0.717, 1.165) is 22.0 Å². The molecule has 2 aromatic rings. The van der Waals surface area contributed by atoms with Gasteiger partial charge in [0.1, 0.15) is 5.82 Å². The standard InChI is InChI=1S/C17H14BrFN2/c18-11-7-14-12-4-1-5-13(12)16(10-3-2-6-20-9-10)21-17(14)15(19)8-11/h1-4,6-9,12-13,16,21H,5H2/t12?,13?,16-/m1/s1. The Hall–Kier alpha value is -1.68. The summed E-state index contributed by atoms with van der Waals surface area (Å²) in [6.45, 7) is 0. The van der Waals surface area contributed by atoms with Gasteiger partial charge >= 0.3 is 0 Å². The molecule has 2 aliphatic rings. The maximum absolute atomic E-state index is 14.3. The van der Waals surface area contributed by atoms with Crippen LogP contribution in [0, 0.1) is 11.7 Å². The number of anilines is 1. The molecule has 4 heteroatoms. The topological polar surface area (TPSA) is 24.9 Å². The van der Waals surface area contributed by atoms with E-state index in [-0.39, 0.29) is 17.8 Å². The zero-order valence-corrected chi connectivity index (χ0v) is 12.8. The molecular formula is C17H14BrFN2. The Morgan fingerprint density at radius 1 is 1.33 bits per heavy atom. The highest BCUT2D eigenvalue weighted by atomic mass is 79.9. The Balaban J connectivity index is 1.84. The SMILES string of the molecule is Fc1cc(Br)cc2c1N[C@H](c1cccnc1)C1CC=CC21. The Bertz CT molecular complexity index is 714. The van der Waals surface area contributed by atoms with Gasteiger partial charge in [-0.15, -0.1) is 0 Å². The number of rotatable bonds is 1. The molecule has 106 valence electrons. The van der Waals surface area contributed by atoms with Crippen molar-refractivity contribution in [1.82, 2.24) is 4.98 Å². The summed E-state index contributed by atoms with van der Waals surface area (Å²) in [5.41, 5.74) is 2.78. The number of nitrogens with one attached hydrogen (secondary N) is 1. The summed E-state index contributed by atoms with van der Waals surface area (Å²) in [6.07, 6.45) is 9.05. The van der Waals surface area contributed by atoms with Gasteiger partial charge in [-0.05, 0) is 41.7 Å². The van der Waals surface area contributed by atoms with Crippen LogP contribution in [0.5, 0.6) is 0 Å². The third kappa shape index (κ3) is 2.09. The minimum atomic E-state index is -0.202. The van der Waals surface area contributed by atoms with Crippen molar-refractivity contribution < 1.29 is 4.39 Å². The lowest BCUT2D eigenvalue weighted by Crippen LogP contribution is -2.29. The van der Waals surface area contributed by atoms with Crippen LogP contribution in [-0.2, 0) is 0 Å². The zero-order chi connectivity index (χ0) is 14.4. The number of halogens is 2. The van der Waals surface area contributed by atoms with Gasteiger partial charge in [0.05, 0.1) is 11.7 Å². The summed E-state index contributed by atoms with van der Waals surface area (Å²) in [5.74, 6) is 0.473. The fourth-order valence-electron chi connectivity index (χ4n) is 3.51. The van der Waals surface area contributed by atoms with Gasteiger partial charge in [-0.25, -0.2) is 4.39 Å². The highest BCUT2D eigenvalue weighted by Crippen LogP contribution is 2.50. The predicted molar refractivity (Wildman–Crippen MR) is 84.7 cm³/mol. The van der Waals surface area contributed by atoms with E-state index >= 15 is 0 Å². The summed E-state index contributed by atoms with van der Waals surface area (Å²) < 4.78 is 15.1. The molecule has 21 heavy (non-hydrogen) atoms. The van der Waals surface area contributed by atoms with Crippen molar-refractivity contribution in [2.75, 3.05) is 5.32 Å². The Labute approximate surface area is 131 Å². The molecule has 0 radical (unpaired) electrons. The quantitative estimate of drug-likeness (QED) is 0.751. The Morgan fingerprint density at radius 2 is 2.24 bits per heavy atom. The van der Waals surface area contributed by atoms with E-state index in [2.05, 4.69) is 44.4 Å². The Kier molecular flexibility index (Phi) is 3.07. The van der Waals surface area contributed by atoms with Gasteiger partial charge in [-0.1, -0.05) is 34.1 Å². The number of aromatic nitrogens is 1. The molecule has 0 saturated heterocycles. The molecule has 1 N–H and O–H groups in total. The van der Waals surface area contributed by atoms with Crippen molar-refractivity contribution in [3.8, 4) is 0 Å². The van der Waals surface area contributed by atoms with Crippen LogP contribution in [0.25, 0.3) is 0 Å². The Morgan fingerprint density at radius 3 is 3.05 bits per heavy atom. The van der Waals surface area contributed by atoms with Gasteiger partial charge in [0.15, 0.2) is 0 Å². The molecule has 2 unspecified atom stereocenters. The molecule has 1 aromatic carbocycles. The van der Waals surface area contributed by atoms with Crippen molar-refractivity contribution in [2.45, 2.75) is 18.4 Å². The lowest BCUT2D eigenvalue weighted by molar-refractivity contribution is 0.420. The molecule has 0 bridgehead atoms. The average Bonchev–Trinajstić information content (AvgIpc) is 2.97. The minimum Gasteiger partial charge on any atom is -0.375 e. The van der Waals surface area contributed by atoms with Crippen LogP contribution in [0.4, 0.5) is 10.1 Å². The minimum absolute atomic E-state index is 0.0990. The van der Waals surface area contributed by atoms with E-state index in [1.807, 2.05) is 18.3 Å². The molecule has 1 aliphatic carbocycles. The molecule has 4 rings (SSSR count). The summed E-state index contributed by atoms with van der Waals surface area (Å²) in [6, 6.07) is 7.63. The maximum Gasteiger partial charge on any atom is 0.147 e. The van der Waals surface area contributed by atoms with Gasteiger partial charge < -0.3 is 5.32 Å². The first-order valence-electron chi connectivity index (χ1n) is 7.06. The predicted octanol–water partition coefficient (Wildman–Crippen LogP) is 4.81. The van der Waals surface area contributed by atoms with E-state index in [1.165, 1.54) is 6.07 Å². The highest BCUT2D eigenvalue weighted by Gasteiger charge is 2.39. The molecular weight excluding hydrogens is 331 g/mol. The summed E-state index contributed by atoms with van der Waals surface area (Å²) in [5, 5.41) is 3.40. The van der Waals surface area contributed by atoms with Gasteiger partial charge in [-0.2, -0.15) is 0 Å². The first kappa shape index (κ1) is 13.0. The second-order valence-electron chi connectivity index (χ2n) is 5.61. The average molecular weight is 345 g/mol. The van der Waals surface area contributed by atoms with Gasteiger partial charge in [0.25, 0.3) is 0 Å². The first-order valence-corrected chi connectivity index (χ1v) is 7.85. The van der Waals surface area contributed by atoms with Crippen LogP contribution >= 0.6 is 15.9 Å². The fourth-order valence-corrected chi connectivity index (χ4v) is 3.96. The summed E-state index contributed by atoms with van der Waals surface area (Å²) >= 11 is 3.40. The number of pyridine rings is 1. The van der Waals surface area contributed by atoms with Crippen molar-refractivity contribution in [2.24, 2.45) is 5.92 Å².